The van der Waals surface area contributed by atoms with E-state index in [1.165, 1.54) is 25.2 Å². The van der Waals surface area contributed by atoms with Crippen LogP contribution in [0.4, 0.5) is 11.4 Å². The average molecular weight is 474 g/mol. The zero-order valence-electron chi connectivity index (χ0n) is 18.5. The van der Waals surface area contributed by atoms with Gasteiger partial charge in [0.2, 0.25) is 21.8 Å². The zero-order chi connectivity index (χ0) is 24.0. The first-order chi connectivity index (χ1) is 15.8. The number of anilines is 2. The van der Waals surface area contributed by atoms with Crippen molar-refractivity contribution in [1.82, 2.24) is 4.72 Å². The van der Waals surface area contributed by atoms with Crippen LogP contribution in [0, 0.1) is 5.92 Å². The summed E-state index contributed by atoms with van der Waals surface area (Å²) in [5.74, 6) is -0.109. The number of sulfonamides is 1. The Morgan fingerprint density at radius 1 is 1.18 bits per heavy atom. The van der Waals surface area contributed by atoms with Crippen molar-refractivity contribution in [3.63, 3.8) is 0 Å². The van der Waals surface area contributed by atoms with Gasteiger partial charge < -0.3 is 19.7 Å². The smallest absolute Gasteiger partial charge is 0.229 e. The molecule has 33 heavy (non-hydrogen) atoms. The normalized spacial score (nSPS) is 15.9. The molecule has 1 atom stereocenters. The Hall–Kier alpha value is -3.37. The van der Waals surface area contributed by atoms with Crippen LogP contribution in [0.3, 0.4) is 0 Å². The van der Waals surface area contributed by atoms with Crippen molar-refractivity contribution >= 4 is 33.2 Å². The van der Waals surface area contributed by atoms with Gasteiger partial charge in [-0.2, -0.15) is 0 Å². The fourth-order valence-electron chi connectivity index (χ4n) is 3.51. The Morgan fingerprint density at radius 2 is 1.91 bits per heavy atom. The van der Waals surface area contributed by atoms with E-state index in [-0.39, 0.29) is 37.1 Å². The molecule has 1 heterocycles. The van der Waals surface area contributed by atoms with E-state index in [2.05, 4.69) is 16.6 Å². The molecule has 2 aromatic rings. The van der Waals surface area contributed by atoms with E-state index >= 15 is 0 Å². The molecule has 0 aliphatic carbocycles. The van der Waals surface area contributed by atoms with E-state index < -0.39 is 15.9 Å². The summed E-state index contributed by atoms with van der Waals surface area (Å²) in [6, 6.07) is 11.7. The molecule has 0 aromatic heterocycles. The maximum atomic E-state index is 12.8. The molecule has 0 bridgehead atoms. The van der Waals surface area contributed by atoms with Crippen molar-refractivity contribution in [2.45, 2.75) is 12.2 Å². The molecular weight excluding hydrogens is 446 g/mol. The molecule has 1 unspecified atom stereocenters. The largest absolute Gasteiger partial charge is 0.497 e. The molecule has 176 valence electrons. The lowest BCUT2D eigenvalue weighted by Crippen LogP contribution is -2.28. The predicted molar refractivity (Wildman–Crippen MR) is 126 cm³/mol. The molecule has 1 saturated heterocycles. The van der Waals surface area contributed by atoms with Crippen LogP contribution < -0.4 is 24.4 Å². The second-order valence-electron chi connectivity index (χ2n) is 7.53. The van der Waals surface area contributed by atoms with Gasteiger partial charge in [0, 0.05) is 31.3 Å². The molecule has 9 nitrogen and oxygen atoms in total. The highest BCUT2D eigenvalue weighted by molar-refractivity contribution is 7.88. The Labute approximate surface area is 193 Å². The number of nitrogens with zero attached hydrogens (tertiary/aromatic N) is 1. The first-order valence-electron chi connectivity index (χ1n) is 10.3. The Balaban J connectivity index is 1.65. The monoisotopic (exact) mass is 473 g/mol. The van der Waals surface area contributed by atoms with Gasteiger partial charge in [-0.05, 0) is 29.8 Å². The van der Waals surface area contributed by atoms with Gasteiger partial charge in [0.15, 0.2) is 0 Å². The third kappa shape index (κ3) is 6.11. The van der Waals surface area contributed by atoms with E-state index in [0.717, 1.165) is 0 Å². The van der Waals surface area contributed by atoms with Gasteiger partial charge >= 0.3 is 0 Å². The van der Waals surface area contributed by atoms with Gasteiger partial charge in [-0.25, -0.2) is 13.1 Å². The molecular formula is C23H27N3O6S. The van der Waals surface area contributed by atoms with Crippen molar-refractivity contribution < 1.29 is 27.5 Å². The van der Waals surface area contributed by atoms with Gasteiger partial charge in [0.25, 0.3) is 0 Å². The summed E-state index contributed by atoms with van der Waals surface area (Å²) >= 11 is 0. The van der Waals surface area contributed by atoms with Crippen molar-refractivity contribution in [1.29, 1.82) is 0 Å². The fraction of sp³-hybridized carbons (Fsp3) is 0.304. The molecule has 0 spiro atoms. The summed E-state index contributed by atoms with van der Waals surface area (Å²) in [7, 11) is -0.418. The number of methoxy groups -OCH3 is 2. The van der Waals surface area contributed by atoms with Crippen LogP contribution in [0.25, 0.3) is 0 Å². The first-order valence-corrected chi connectivity index (χ1v) is 11.9. The summed E-state index contributed by atoms with van der Waals surface area (Å²) in [6.07, 6.45) is 1.53. The zero-order valence-corrected chi connectivity index (χ0v) is 19.4. The van der Waals surface area contributed by atoms with Crippen LogP contribution in [0.5, 0.6) is 11.5 Å². The van der Waals surface area contributed by atoms with Crippen LogP contribution in [0.2, 0.25) is 0 Å². The molecule has 2 aromatic carbocycles. The van der Waals surface area contributed by atoms with Crippen LogP contribution >= 0.6 is 0 Å². The Bertz CT molecular complexity index is 1130. The van der Waals surface area contributed by atoms with Crippen LogP contribution in [0.1, 0.15) is 12.0 Å². The Morgan fingerprint density at radius 3 is 2.55 bits per heavy atom. The number of rotatable bonds is 10. The van der Waals surface area contributed by atoms with E-state index in [9.17, 15) is 18.0 Å². The van der Waals surface area contributed by atoms with Crippen LogP contribution in [0.15, 0.2) is 55.1 Å². The van der Waals surface area contributed by atoms with Crippen LogP contribution in [-0.4, -0.2) is 47.5 Å². The van der Waals surface area contributed by atoms with Crippen LogP contribution in [-0.2, 0) is 25.4 Å². The van der Waals surface area contributed by atoms with Gasteiger partial charge in [0.05, 0.1) is 31.6 Å². The SMILES string of the molecule is C=CCNS(=O)(=O)Cc1ccc(NC(=O)C2CC(=O)N(c3cc(OC)ccc3OC)C2)cc1. The molecule has 2 N–H and O–H groups in total. The number of carbonyl (C=O) groups is 2. The average Bonchev–Trinajstić information content (AvgIpc) is 3.20. The number of hydrogen-bond donors (Lipinski definition) is 2. The predicted octanol–water partition coefficient (Wildman–Crippen LogP) is 2.30. The quantitative estimate of drug-likeness (QED) is 0.512. The summed E-state index contributed by atoms with van der Waals surface area (Å²) in [5, 5.41) is 2.80. The summed E-state index contributed by atoms with van der Waals surface area (Å²) in [4.78, 5) is 27.0. The number of nitrogens with one attached hydrogen (secondary N) is 2. The Kier molecular flexibility index (Phi) is 7.72. The number of ether oxygens (including phenoxy) is 2. The summed E-state index contributed by atoms with van der Waals surface area (Å²) < 4.78 is 37.0. The standard InChI is InChI=1S/C23H27N3O6S/c1-4-11-24-33(29,30)15-16-5-7-18(8-6-16)25-23(28)17-12-22(27)26(14-17)20-13-19(31-2)9-10-21(20)32-3/h4-10,13,17,24H,1,11-12,14-15H2,2-3H3,(H,25,28). The highest BCUT2D eigenvalue weighted by Crippen LogP contribution is 2.36. The van der Waals surface area contributed by atoms with Crippen molar-refractivity contribution in [3.8, 4) is 11.5 Å². The lowest BCUT2D eigenvalue weighted by Gasteiger charge is -2.20. The first kappa shape index (κ1) is 24.3. The van der Waals surface area contributed by atoms with Crippen molar-refractivity contribution in [3.05, 3.63) is 60.7 Å². The number of amides is 2. The van der Waals surface area contributed by atoms with Crippen molar-refractivity contribution in [2.75, 3.05) is 37.5 Å². The molecule has 1 aliphatic heterocycles. The van der Waals surface area contributed by atoms with Gasteiger partial charge in [-0.3, -0.25) is 9.59 Å². The fourth-order valence-corrected chi connectivity index (χ4v) is 4.61. The second kappa shape index (κ2) is 10.5. The lowest BCUT2D eigenvalue weighted by molar-refractivity contribution is -0.122. The summed E-state index contributed by atoms with van der Waals surface area (Å²) in [6.45, 7) is 3.85. The molecule has 0 saturated carbocycles. The topological polar surface area (TPSA) is 114 Å². The second-order valence-corrected chi connectivity index (χ2v) is 9.33. The minimum Gasteiger partial charge on any atom is -0.497 e. The highest BCUT2D eigenvalue weighted by atomic mass is 32.2. The maximum Gasteiger partial charge on any atom is 0.229 e. The van der Waals surface area contributed by atoms with Crippen molar-refractivity contribution in [2.24, 2.45) is 5.92 Å². The molecule has 1 aliphatic rings. The van der Waals surface area contributed by atoms with Gasteiger partial charge in [-0.15, -0.1) is 6.58 Å². The highest BCUT2D eigenvalue weighted by Gasteiger charge is 2.36. The van der Waals surface area contributed by atoms with E-state index in [4.69, 9.17) is 9.47 Å². The number of hydrogen-bond acceptors (Lipinski definition) is 6. The number of benzene rings is 2. The third-order valence-electron chi connectivity index (χ3n) is 5.20. The molecule has 1 fully saturated rings. The lowest BCUT2D eigenvalue weighted by atomic mass is 10.1. The minimum atomic E-state index is -3.47. The maximum absolute atomic E-state index is 12.8. The molecule has 2 amide bonds. The molecule has 10 heteroatoms. The molecule has 0 radical (unpaired) electrons. The third-order valence-corrected chi connectivity index (χ3v) is 6.52. The summed E-state index contributed by atoms with van der Waals surface area (Å²) in [5.41, 5.74) is 1.65. The van der Waals surface area contributed by atoms with Gasteiger partial charge in [-0.1, -0.05) is 18.2 Å². The minimum absolute atomic E-state index is 0.0670. The van der Waals surface area contributed by atoms with E-state index in [0.29, 0.717) is 28.4 Å². The number of carbonyl (C=O) groups excluding carboxylic acids is 2. The molecule has 3 rings (SSSR count). The van der Waals surface area contributed by atoms with E-state index in [1.807, 2.05) is 0 Å². The van der Waals surface area contributed by atoms with Gasteiger partial charge in [0.1, 0.15) is 11.5 Å². The van der Waals surface area contributed by atoms with E-state index in [1.54, 1.807) is 42.5 Å².